The van der Waals surface area contributed by atoms with Crippen LogP contribution in [0.1, 0.15) is 50.8 Å². The second-order valence-corrected chi connectivity index (χ2v) is 12.1. The van der Waals surface area contributed by atoms with Gasteiger partial charge in [-0.2, -0.15) is 5.09 Å². The van der Waals surface area contributed by atoms with E-state index in [0.717, 1.165) is 4.57 Å². The Morgan fingerprint density at radius 2 is 2.02 bits per heavy atom. The Morgan fingerprint density at radius 3 is 2.67 bits per heavy atom. The molecule has 3 N–H and O–H groups in total. The van der Waals surface area contributed by atoms with Crippen molar-refractivity contribution in [1.29, 1.82) is 0 Å². The fourth-order valence-corrected chi connectivity index (χ4v) is 6.85. The summed E-state index contributed by atoms with van der Waals surface area (Å²) in [6.07, 6.45) is 1.89. The smallest absolute Gasteiger partial charge is 0.459 e. The maximum absolute atomic E-state index is 14.1. The van der Waals surface area contributed by atoms with Crippen molar-refractivity contribution in [3.8, 4) is 5.75 Å². The van der Waals surface area contributed by atoms with E-state index in [0.29, 0.717) is 30.7 Å². The van der Waals surface area contributed by atoms with Crippen LogP contribution in [-0.4, -0.2) is 51.6 Å². The van der Waals surface area contributed by atoms with Crippen LogP contribution in [0, 0.1) is 0 Å². The van der Waals surface area contributed by atoms with Gasteiger partial charge in [-0.1, -0.05) is 40.4 Å². The van der Waals surface area contributed by atoms with Crippen molar-refractivity contribution in [3.05, 3.63) is 66.9 Å². The van der Waals surface area contributed by atoms with Crippen LogP contribution in [0.3, 0.4) is 0 Å². The molecule has 1 aliphatic heterocycles. The highest BCUT2D eigenvalue weighted by Crippen LogP contribution is 2.50. The lowest BCUT2D eigenvalue weighted by Crippen LogP contribution is -2.50. The van der Waals surface area contributed by atoms with Crippen LogP contribution in [0.15, 0.2) is 45.0 Å². The van der Waals surface area contributed by atoms with Crippen LogP contribution in [0.2, 0.25) is 5.02 Å². The number of aromatic nitrogens is 2. The number of aromatic amines is 1. The van der Waals surface area contributed by atoms with Gasteiger partial charge in [0.05, 0.1) is 24.9 Å². The summed E-state index contributed by atoms with van der Waals surface area (Å²) in [6.45, 7) is 1.43. The van der Waals surface area contributed by atoms with Gasteiger partial charge in [0.15, 0.2) is 0 Å². The molecule has 0 spiro atoms. The maximum atomic E-state index is 14.1. The zero-order valence-corrected chi connectivity index (χ0v) is 24.8. The number of H-pyrrole nitrogens is 1. The first kappa shape index (κ1) is 30.7. The minimum absolute atomic E-state index is 0.0000208. The lowest BCUT2D eigenvalue weighted by molar-refractivity contribution is -0.150. The van der Waals surface area contributed by atoms with E-state index in [1.165, 1.54) is 29.4 Å². The third kappa shape index (κ3) is 7.14. The van der Waals surface area contributed by atoms with Crippen molar-refractivity contribution in [3.63, 3.8) is 0 Å². The molecule has 2 aromatic rings. The zero-order valence-electron chi connectivity index (χ0n) is 21.6. The van der Waals surface area contributed by atoms with Gasteiger partial charge in [-0.15, -0.1) is 0 Å². The molecule has 40 heavy (non-hydrogen) atoms. The summed E-state index contributed by atoms with van der Waals surface area (Å²) in [5, 5.41) is 14.0. The number of esters is 1. The molecular weight excluding hydrogens is 633 g/mol. The van der Waals surface area contributed by atoms with Crippen LogP contribution in [0.4, 0.5) is 0 Å². The van der Waals surface area contributed by atoms with Crippen LogP contribution < -0.4 is 20.9 Å². The molecule has 0 radical (unpaired) electrons. The third-order valence-corrected chi connectivity index (χ3v) is 8.83. The van der Waals surface area contributed by atoms with E-state index < -0.39 is 55.5 Å². The number of carbonyl (C=O) groups is 1. The van der Waals surface area contributed by atoms with Gasteiger partial charge in [0, 0.05) is 17.6 Å². The van der Waals surface area contributed by atoms with Gasteiger partial charge in [-0.25, -0.2) is 9.36 Å². The number of aliphatic hydroxyl groups is 1. The average molecular weight is 663 g/mol. The maximum Gasteiger partial charge on any atom is 0.459 e. The number of nitrogens with zero attached hydrogens (tertiary/aromatic N) is 1. The monoisotopic (exact) mass is 661 g/mol. The van der Waals surface area contributed by atoms with Gasteiger partial charge in [0.1, 0.15) is 23.6 Å². The molecule has 1 saturated carbocycles. The quantitative estimate of drug-likeness (QED) is 0.238. The first-order valence-corrected chi connectivity index (χ1v) is 15.5. The molecular formula is C25H30BrClN3O9P. The Balaban J connectivity index is 1.55. The number of carbonyl (C=O) groups excluding carboxylic acids is 1. The highest BCUT2D eigenvalue weighted by atomic mass is 79.9. The van der Waals surface area contributed by atoms with Crippen LogP contribution in [0.5, 0.6) is 5.75 Å². The molecule has 4 atom stereocenters. The number of rotatable bonds is 11. The normalized spacial score (nSPS) is 23.8. The van der Waals surface area contributed by atoms with Gasteiger partial charge in [-0.05, 0) is 55.1 Å². The number of benzene rings is 1. The minimum atomic E-state index is -4.27. The number of aliphatic hydroxyl groups excluding tert-OH is 1. The van der Waals surface area contributed by atoms with Crippen molar-refractivity contribution < 1.29 is 33.0 Å². The molecule has 1 aromatic heterocycles. The van der Waals surface area contributed by atoms with Gasteiger partial charge in [0.25, 0.3) is 5.56 Å². The van der Waals surface area contributed by atoms with Crippen molar-refractivity contribution in [2.45, 2.75) is 63.0 Å². The number of hydrogen-bond acceptors (Lipinski definition) is 9. The SMILES string of the molecule is CCOC(=O)C1(NP(=O)(OC[C@H]2O[C@@H](n3cc(/C=C/Br)c(=O)[nH]c3=O)C[C@@H]2O)Oc2ccc(Cl)cc2)CCCC1. The zero-order chi connectivity index (χ0) is 28.9. The summed E-state index contributed by atoms with van der Waals surface area (Å²) >= 11 is 9.06. The molecule has 1 aromatic carbocycles. The predicted octanol–water partition coefficient (Wildman–Crippen LogP) is 3.87. The lowest BCUT2D eigenvalue weighted by Gasteiger charge is -2.32. The molecule has 15 heteroatoms. The molecule has 0 bridgehead atoms. The van der Waals surface area contributed by atoms with E-state index >= 15 is 0 Å². The molecule has 1 unspecified atom stereocenters. The second-order valence-electron chi connectivity index (χ2n) is 9.44. The van der Waals surface area contributed by atoms with Crippen molar-refractivity contribution in [1.82, 2.24) is 14.6 Å². The molecule has 1 saturated heterocycles. The summed E-state index contributed by atoms with van der Waals surface area (Å²) < 4.78 is 37.9. The van der Waals surface area contributed by atoms with E-state index in [9.17, 15) is 24.1 Å². The van der Waals surface area contributed by atoms with E-state index in [1.54, 1.807) is 19.1 Å². The van der Waals surface area contributed by atoms with E-state index in [1.807, 2.05) is 0 Å². The molecule has 2 aliphatic rings. The predicted molar refractivity (Wildman–Crippen MR) is 150 cm³/mol. The average Bonchev–Trinajstić information content (AvgIpc) is 3.53. The Bertz CT molecular complexity index is 1390. The van der Waals surface area contributed by atoms with Crippen molar-refractivity contribution >= 4 is 47.3 Å². The number of halogens is 2. The molecule has 4 rings (SSSR count). The molecule has 1 aliphatic carbocycles. The minimum Gasteiger partial charge on any atom is -0.465 e. The highest BCUT2D eigenvalue weighted by molar-refractivity contribution is 9.11. The van der Waals surface area contributed by atoms with Crippen LogP contribution >= 0.6 is 35.3 Å². The highest BCUT2D eigenvalue weighted by Gasteiger charge is 2.49. The number of nitrogens with one attached hydrogen (secondary N) is 2. The van der Waals surface area contributed by atoms with Crippen LogP contribution in [-0.2, 0) is 23.4 Å². The van der Waals surface area contributed by atoms with Gasteiger partial charge < -0.3 is 19.1 Å². The summed E-state index contributed by atoms with van der Waals surface area (Å²) in [5.41, 5.74) is -2.38. The van der Waals surface area contributed by atoms with E-state index in [4.69, 9.17) is 30.1 Å². The second kappa shape index (κ2) is 13.2. The molecule has 2 fully saturated rings. The van der Waals surface area contributed by atoms with Gasteiger partial charge in [-0.3, -0.25) is 23.7 Å². The Morgan fingerprint density at radius 1 is 1.32 bits per heavy atom. The molecule has 12 nitrogen and oxygen atoms in total. The summed E-state index contributed by atoms with van der Waals surface area (Å²) in [4.78, 5) is 41.1. The fourth-order valence-electron chi connectivity index (χ4n) is 4.70. The summed E-state index contributed by atoms with van der Waals surface area (Å²) in [7, 11) is -4.27. The first-order chi connectivity index (χ1) is 19.1. The Labute approximate surface area is 243 Å². The summed E-state index contributed by atoms with van der Waals surface area (Å²) in [6, 6.07) is 6.11. The third-order valence-electron chi connectivity index (χ3n) is 6.67. The van der Waals surface area contributed by atoms with Crippen molar-refractivity contribution in [2.24, 2.45) is 0 Å². The largest absolute Gasteiger partial charge is 0.465 e. The molecule has 2 heterocycles. The van der Waals surface area contributed by atoms with E-state index in [-0.39, 0.29) is 24.3 Å². The summed E-state index contributed by atoms with van der Waals surface area (Å²) in [5.74, 6) is -0.380. The number of hydrogen-bond donors (Lipinski definition) is 3. The van der Waals surface area contributed by atoms with Crippen molar-refractivity contribution in [2.75, 3.05) is 13.2 Å². The molecule has 0 amide bonds. The lowest BCUT2D eigenvalue weighted by atomic mass is 10.00. The topological polar surface area (TPSA) is 158 Å². The Hall–Kier alpha value is -2.25. The first-order valence-electron chi connectivity index (χ1n) is 12.7. The molecule has 218 valence electrons. The Kier molecular flexibility index (Phi) is 10.1. The standard InChI is InChI=1S/C25H30BrClN3O9P/c1-2-36-23(33)25(10-3-4-11-25)29-40(35,39-18-7-5-17(27)6-8-18)37-15-20-19(31)13-21(38-20)30-14-16(9-12-26)22(32)28-24(30)34/h5-9,12,14,19-21,31H,2-4,10-11,13,15H2,1H3,(H,29,35)(H,28,32,34)/b12-9+/t19-,20+,21+,40?/m0/s1. The van der Waals surface area contributed by atoms with Gasteiger partial charge in [0.2, 0.25) is 0 Å². The fraction of sp³-hybridized carbons (Fsp3) is 0.480. The number of ether oxygens (including phenoxy) is 2. The van der Waals surface area contributed by atoms with Crippen LogP contribution in [0.25, 0.3) is 6.08 Å². The van der Waals surface area contributed by atoms with E-state index in [2.05, 4.69) is 26.0 Å². The van der Waals surface area contributed by atoms with Gasteiger partial charge >= 0.3 is 19.4 Å².